The fourth-order valence-corrected chi connectivity index (χ4v) is 8.16. The number of H-pyrrole nitrogens is 1. The highest BCUT2D eigenvalue weighted by molar-refractivity contribution is 7.93. The fourth-order valence-electron chi connectivity index (χ4n) is 6.07. The summed E-state index contributed by atoms with van der Waals surface area (Å²) in [4.78, 5) is 33.1. The zero-order valence-electron chi connectivity index (χ0n) is 25.3. The lowest BCUT2D eigenvalue weighted by Crippen LogP contribution is -2.52. The molecule has 0 radical (unpaired) electrons. The molecule has 2 atom stereocenters. The number of halogens is 1. The van der Waals surface area contributed by atoms with Crippen LogP contribution in [0.5, 0.6) is 0 Å². The molecule has 1 aliphatic carbocycles. The molecule has 2 aromatic heterocycles. The number of fused-ring (bicyclic) bond motifs is 1. The predicted molar refractivity (Wildman–Crippen MR) is 170 cm³/mol. The number of aromatic amines is 1. The van der Waals surface area contributed by atoms with Crippen molar-refractivity contribution in [2.75, 3.05) is 19.6 Å². The Morgan fingerprint density at radius 1 is 1.09 bits per heavy atom. The van der Waals surface area contributed by atoms with E-state index in [4.69, 9.17) is 0 Å². The Kier molecular flexibility index (Phi) is 9.82. The van der Waals surface area contributed by atoms with Gasteiger partial charge in [-0.3, -0.25) is 4.79 Å². The van der Waals surface area contributed by atoms with E-state index < -0.39 is 44.0 Å². The van der Waals surface area contributed by atoms with Crippen molar-refractivity contribution in [3.8, 4) is 0 Å². The molecule has 4 aromatic rings. The van der Waals surface area contributed by atoms with Crippen LogP contribution in [0.15, 0.2) is 85.1 Å². The molecule has 0 bridgehead atoms. The number of nitrogens with one attached hydrogen (secondary N) is 1. The number of carboxylic acid groups (broad SMARTS) is 2. The number of aliphatic carboxylic acids is 2. The predicted octanol–water partition coefficient (Wildman–Crippen LogP) is 4.23. The Bertz CT molecular complexity index is 1860. The Morgan fingerprint density at radius 2 is 1.80 bits per heavy atom. The summed E-state index contributed by atoms with van der Waals surface area (Å²) in [5, 5.41) is 24.3. The van der Waals surface area contributed by atoms with Crippen LogP contribution < -0.4 is 0 Å². The highest BCUT2D eigenvalue weighted by Crippen LogP contribution is 2.39. The number of likely N-dealkylation sites (tertiary alicyclic amines) is 1. The Labute approximate surface area is 266 Å². The van der Waals surface area contributed by atoms with Crippen molar-refractivity contribution in [1.82, 2.24) is 24.6 Å². The molecule has 1 aliphatic heterocycles. The Hall–Kier alpha value is -4.62. The fraction of sp³-hybridized carbons (Fsp3) is 0.333. The zero-order valence-corrected chi connectivity index (χ0v) is 26.2. The number of benzene rings is 2. The third-order valence-corrected chi connectivity index (χ3v) is 11.0. The molecule has 46 heavy (non-hydrogen) atoms. The molecule has 1 unspecified atom stereocenters. The first-order valence-electron chi connectivity index (χ1n) is 15.0. The number of hydrogen-bond donors (Lipinski definition) is 3. The second kappa shape index (κ2) is 13.8. The molecule has 0 spiro atoms. The van der Waals surface area contributed by atoms with Crippen LogP contribution >= 0.6 is 0 Å². The third-order valence-electron chi connectivity index (χ3n) is 8.63. The second-order valence-electron chi connectivity index (χ2n) is 11.6. The van der Waals surface area contributed by atoms with Gasteiger partial charge in [0.1, 0.15) is 18.5 Å². The van der Waals surface area contributed by atoms with Crippen molar-refractivity contribution in [3.63, 3.8) is 0 Å². The van der Waals surface area contributed by atoms with Crippen LogP contribution in [-0.4, -0.2) is 79.6 Å². The van der Waals surface area contributed by atoms with Crippen LogP contribution in [0.1, 0.15) is 36.5 Å². The third kappa shape index (κ3) is 6.95. The summed E-state index contributed by atoms with van der Waals surface area (Å²) < 4.78 is 38.1. The summed E-state index contributed by atoms with van der Waals surface area (Å²) in [7, 11) is -4.34. The Morgan fingerprint density at radius 3 is 2.46 bits per heavy atom. The summed E-state index contributed by atoms with van der Waals surface area (Å²) >= 11 is 0. The summed E-state index contributed by atoms with van der Waals surface area (Å²) in [6, 6.07) is 11.2. The van der Waals surface area contributed by atoms with Crippen molar-refractivity contribution in [2.24, 2.45) is 5.92 Å². The lowest BCUT2D eigenvalue weighted by molar-refractivity contribution is -0.140. The molecule has 1 fully saturated rings. The lowest BCUT2D eigenvalue weighted by Gasteiger charge is -2.34. The summed E-state index contributed by atoms with van der Waals surface area (Å²) in [6.07, 6.45) is 12.6. The van der Waals surface area contributed by atoms with Gasteiger partial charge in [-0.2, -0.15) is 5.10 Å². The van der Waals surface area contributed by atoms with Crippen molar-refractivity contribution in [3.05, 3.63) is 108 Å². The molecular formula is C33H36FN5O6S. The number of allylic oxidation sites excluding steroid dienone is 2. The van der Waals surface area contributed by atoms with Gasteiger partial charge >= 0.3 is 11.9 Å². The van der Waals surface area contributed by atoms with Crippen molar-refractivity contribution in [2.45, 2.75) is 43.2 Å². The molecule has 13 heteroatoms. The molecule has 2 aromatic carbocycles. The minimum Gasteiger partial charge on any atom is -0.480 e. The van der Waals surface area contributed by atoms with Crippen LogP contribution in [0.4, 0.5) is 4.39 Å². The van der Waals surface area contributed by atoms with Gasteiger partial charge in [-0.05, 0) is 73.3 Å². The van der Waals surface area contributed by atoms with E-state index in [-0.39, 0.29) is 11.1 Å². The maximum Gasteiger partial charge on any atom is 0.331 e. The summed E-state index contributed by atoms with van der Waals surface area (Å²) in [5.74, 6) is -5.52. The number of carbonyl (C=O) groups is 2. The van der Waals surface area contributed by atoms with Gasteiger partial charge in [-0.1, -0.05) is 43.4 Å². The number of nitrogens with zero attached hydrogens (tertiary/aromatic N) is 4. The van der Waals surface area contributed by atoms with Crippen LogP contribution in [-0.2, 0) is 38.1 Å². The monoisotopic (exact) mass is 649 g/mol. The van der Waals surface area contributed by atoms with Crippen LogP contribution in [0.3, 0.4) is 0 Å². The number of carboxylic acids is 2. The normalized spacial score (nSPS) is 19.9. The minimum atomic E-state index is -4.34. The van der Waals surface area contributed by atoms with E-state index >= 15 is 0 Å². The van der Waals surface area contributed by atoms with Crippen LogP contribution in [0.2, 0.25) is 0 Å². The molecule has 0 amide bonds. The van der Waals surface area contributed by atoms with E-state index in [0.29, 0.717) is 0 Å². The van der Waals surface area contributed by atoms with Crippen molar-refractivity contribution >= 4 is 32.7 Å². The van der Waals surface area contributed by atoms with Crippen LogP contribution in [0.25, 0.3) is 10.9 Å². The standard InChI is InChI=1S/C17H21N5.C16H15FO6S/c1-2-7-21(6-1)8-5-15-10-19-17-4-3-14(9-16(15)17)11-22-13-18-12-20-22;1-10-13(14(18)19)3-2-8-16(10,15(20)21)24(22,23)9-11-4-6-12(17)7-5-11/h3-4,9-10,12-13,19H,1-2,5-8,11H2;2-8,10H,9H2,1H3,(H,18,19)(H,20,21)/t;10?,16-/m.1/s1. The van der Waals surface area contributed by atoms with E-state index in [1.807, 2.05) is 4.68 Å². The van der Waals surface area contributed by atoms with Gasteiger partial charge in [-0.25, -0.2) is 27.3 Å². The van der Waals surface area contributed by atoms with Gasteiger partial charge in [0, 0.05) is 35.1 Å². The van der Waals surface area contributed by atoms with Gasteiger partial charge in [0.15, 0.2) is 14.6 Å². The second-order valence-corrected chi connectivity index (χ2v) is 13.8. The molecule has 6 rings (SSSR count). The molecule has 242 valence electrons. The molecule has 2 aliphatic rings. The smallest absolute Gasteiger partial charge is 0.331 e. The Balaban J connectivity index is 0.000000182. The van der Waals surface area contributed by atoms with E-state index in [9.17, 15) is 32.6 Å². The average Bonchev–Trinajstić information content (AvgIpc) is 3.80. The van der Waals surface area contributed by atoms with E-state index in [1.54, 1.807) is 12.7 Å². The highest BCUT2D eigenvalue weighted by atomic mass is 32.2. The van der Waals surface area contributed by atoms with Gasteiger partial charge in [0.05, 0.1) is 12.3 Å². The lowest BCUT2D eigenvalue weighted by atomic mass is 9.82. The maximum absolute atomic E-state index is 13.0. The van der Waals surface area contributed by atoms with Crippen molar-refractivity contribution in [1.29, 1.82) is 0 Å². The SMILES string of the molecule is CC1C(C(=O)O)=CC=C[C@@]1(C(=O)O)S(=O)(=O)Cc1ccc(F)cc1.c1ncn(Cc2ccc3[nH]cc(CCN4CCCC4)c3c2)n1. The van der Waals surface area contributed by atoms with Gasteiger partial charge < -0.3 is 20.1 Å². The zero-order chi connectivity index (χ0) is 32.9. The highest BCUT2D eigenvalue weighted by Gasteiger charge is 2.55. The number of aromatic nitrogens is 4. The van der Waals surface area contributed by atoms with E-state index in [2.05, 4.69) is 44.4 Å². The minimum absolute atomic E-state index is 0.212. The van der Waals surface area contributed by atoms with Gasteiger partial charge in [0.25, 0.3) is 0 Å². The first-order chi connectivity index (χ1) is 22.0. The maximum atomic E-state index is 13.0. The molecule has 11 nitrogen and oxygen atoms in total. The molecule has 1 saturated heterocycles. The number of sulfone groups is 1. The summed E-state index contributed by atoms with van der Waals surface area (Å²) in [5.41, 5.74) is 3.81. The molecular weight excluding hydrogens is 613 g/mol. The summed E-state index contributed by atoms with van der Waals surface area (Å²) in [6.45, 7) is 5.71. The van der Waals surface area contributed by atoms with Gasteiger partial charge in [0.2, 0.25) is 0 Å². The van der Waals surface area contributed by atoms with Crippen LogP contribution in [0, 0.1) is 11.7 Å². The molecule has 0 saturated carbocycles. The quantitative estimate of drug-likeness (QED) is 0.229. The van der Waals surface area contributed by atoms with E-state index in [1.165, 1.54) is 79.6 Å². The average molecular weight is 650 g/mol. The van der Waals surface area contributed by atoms with E-state index in [0.717, 1.165) is 37.3 Å². The first kappa shape index (κ1) is 32.8. The molecule has 3 heterocycles. The molecule has 3 N–H and O–H groups in total. The number of hydrogen-bond acceptors (Lipinski definition) is 7. The van der Waals surface area contributed by atoms with Crippen molar-refractivity contribution < 1.29 is 32.6 Å². The first-order valence-corrected chi connectivity index (χ1v) is 16.6. The topological polar surface area (TPSA) is 158 Å². The van der Waals surface area contributed by atoms with Gasteiger partial charge in [-0.15, -0.1) is 0 Å². The number of rotatable bonds is 10. The largest absolute Gasteiger partial charge is 0.480 e.